The Bertz CT molecular complexity index is 1080. The van der Waals surface area contributed by atoms with Crippen LogP contribution in [0.25, 0.3) is 0 Å². The summed E-state index contributed by atoms with van der Waals surface area (Å²) in [6, 6.07) is 11.1. The molecule has 0 atom stereocenters. The van der Waals surface area contributed by atoms with Gasteiger partial charge >= 0.3 is 0 Å². The molecule has 0 spiro atoms. The molecule has 2 aromatic rings. The molecule has 0 aliphatic carbocycles. The van der Waals surface area contributed by atoms with Crippen LogP contribution in [0, 0.1) is 0 Å². The van der Waals surface area contributed by atoms with Crippen LogP contribution in [0.4, 0.5) is 11.4 Å². The predicted octanol–water partition coefficient (Wildman–Crippen LogP) is 2.99. The van der Waals surface area contributed by atoms with Gasteiger partial charge in [-0.3, -0.25) is 13.9 Å². The van der Waals surface area contributed by atoms with E-state index in [-0.39, 0.29) is 16.6 Å². The maximum absolute atomic E-state index is 12.8. The number of carbonyl (C=O) groups excluding carboxylic acids is 2. The number of amides is 2. The number of sulfonamides is 1. The van der Waals surface area contributed by atoms with Crippen molar-refractivity contribution in [3.63, 3.8) is 0 Å². The molecule has 31 heavy (non-hydrogen) atoms. The van der Waals surface area contributed by atoms with Crippen LogP contribution in [0.2, 0.25) is 5.02 Å². The SMILES string of the molecule is COc1ccc(N(CC(=O)Nc2ccccc2C(=O)N2CCCC2)S(C)(=O)=O)cc1Cl. The fraction of sp³-hybridized carbons (Fsp3) is 0.333. The van der Waals surface area contributed by atoms with Crippen molar-refractivity contribution in [2.75, 3.05) is 42.6 Å². The highest BCUT2D eigenvalue weighted by atomic mass is 35.5. The summed E-state index contributed by atoms with van der Waals surface area (Å²) < 4.78 is 30.7. The van der Waals surface area contributed by atoms with E-state index in [2.05, 4.69) is 5.32 Å². The number of rotatable bonds is 7. The Morgan fingerprint density at radius 3 is 2.45 bits per heavy atom. The van der Waals surface area contributed by atoms with E-state index >= 15 is 0 Å². The van der Waals surface area contributed by atoms with E-state index in [9.17, 15) is 18.0 Å². The quantitative estimate of drug-likeness (QED) is 0.678. The number of ether oxygens (including phenoxy) is 1. The van der Waals surface area contributed by atoms with Crippen molar-refractivity contribution >= 4 is 44.8 Å². The number of para-hydroxylation sites is 1. The van der Waals surface area contributed by atoms with Gasteiger partial charge in [0.2, 0.25) is 15.9 Å². The number of benzene rings is 2. The summed E-state index contributed by atoms with van der Waals surface area (Å²) in [5.41, 5.74) is 0.937. The molecule has 1 N–H and O–H groups in total. The molecule has 1 fully saturated rings. The number of nitrogens with one attached hydrogen (secondary N) is 1. The summed E-state index contributed by atoms with van der Waals surface area (Å²) >= 11 is 6.12. The minimum atomic E-state index is -3.78. The number of halogens is 1. The Morgan fingerprint density at radius 1 is 1.16 bits per heavy atom. The Labute approximate surface area is 186 Å². The predicted molar refractivity (Wildman–Crippen MR) is 120 cm³/mol. The van der Waals surface area contributed by atoms with E-state index in [1.54, 1.807) is 29.2 Å². The third kappa shape index (κ3) is 5.48. The molecular formula is C21H24ClN3O5S. The number of methoxy groups -OCH3 is 1. The first-order chi connectivity index (χ1) is 14.7. The second kappa shape index (κ2) is 9.57. The molecule has 166 valence electrons. The maximum atomic E-state index is 12.8. The first kappa shape index (κ1) is 22.9. The Balaban J connectivity index is 1.81. The second-order valence-electron chi connectivity index (χ2n) is 7.18. The van der Waals surface area contributed by atoms with E-state index in [0.29, 0.717) is 30.1 Å². The lowest BCUT2D eigenvalue weighted by Gasteiger charge is -2.23. The molecule has 0 aromatic heterocycles. The number of likely N-dealkylation sites (tertiary alicyclic amines) is 1. The lowest BCUT2D eigenvalue weighted by molar-refractivity contribution is -0.114. The van der Waals surface area contributed by atoms with Gasteiger partial charge in [-0.1, -0.05) is 23.7 Å². The fourth-order valence-electron chi connectivity index (χ4n) is 3.40. The normalized spacial score (nSPS) is 13.7. The van der Waals surface area contributed by atoms with Crippen molar-refractivity contribution in [2.45, 2.75) is 12.8 Å². The first-order valence-electron chi connectivity index (χ1n) is 9.70. The molecule has 2 amide bonds. The smallest absolute Gasteiger partial charge is 0.255 e. The van der Waals surface area contributed by atoms with Crippen LogP contribution >= 0.6 is 11.6 Å². The Hall–Kier alpha value is -2.78. The number of carbonyl (C=O) groups is 2. The maximum Gasteiger partial charge on any atom is 0.255 e. The molecule has 2 aromatic carbocycles. The molecule has 1 saturated heterocycles. The van der Waals surface area contributed by atoms with Crippen LogP contribution in [0.5, 0.6) is 5.75 Å². The standard InChI is InChI=1S/C21H24ClN3O5S/c1-30-19-10-9-15(13-17(19)22)25(31(2,28)29)14-20(26)23-18-8-4-3-7-16(18)21(27)24-11-5-6-12-24/h3-4,7-10,13H,5-6,11-12,14H2,1-2H3,(H,23,26). The van der Waals surface area contributed by atoms with Crippen LogP contribution < -0.4 is 14.4 Å². The van der Waals surface area contributed by atoms with E-state index in [4.69, 9.17) is 16.3 Å². The van der Waals surface area contributed by atoms with E-state index in [0.717, 1.165) is 23.4 Å². The minimum Gasteiger partial charge on any atom is -0.495 e. The highest BCUT2D eigenvalue weighted by Crippen LogP contribution is 2.30. The first-order valence-corrected chi connectivity index (χ1v) is 11.9. The van der Waals surface area contributed by atoms with E-state index in [1.807, 2.05) is 0 Å². The van der Waals surface area contributed by atoms with Gasteiger partial charge in [0.1, 0.15) is 12.3 Å². The summed E-state index contributed by atoms with van der Waals surface area (Å²) in [6.07, 6.45) is 2.91. The zero-order valence-corrected chi connectivity index (χ0v) is 18.9. The molecule has 0 bridgehead atoms. The zero-order chi connectivity index (χ0) is 22.6. The van der Waals surface area contributed by atoms with Gasteiger partial charge in [0.25, 0.3) is 5.91 Å². The van der Waals surface area contributed by atoms with Gasteiger partial charge in [-0.25, -0.2) is 8.42 Å². The molecule has 1 aliphatic rings. The largest absolute Gasteiger partial charge is 0.495 e. The average Bonchev–Trinajstić information content (AvgIpc) is 3.26. The van der Waals surface area contributed by atoms with Crippen molar-refractivity contribution in [2.24, 2.45) is 0 Å². The Kier molecular flexibility index (Phi) is 7.07. The van der Waals surface area contributed by atoms with Crippen molar-refractivity contribution in [1.82, 2.24) is 4.90 Å². The highest BCUT2D eigenvalue weighted by molar-refractivity contribution is 7.92. The van der Waals surface area contributed by atoms with E-state index in [1.165, 1.54) is 25.3 Å². The van der Waals surface area contributed by atoms with Crippen molar-refractivity contribution < 1.29 is 22.7 Å². The molecular weight excluding hydrogens is 442 g/mol. The van der Waals surface area contributed by atoms with Gasteiger partial charge in [0.05, 0.1) is 35.3 Å². The summed E-state index contributed by atoms with van der Waals surface area (Å²) in [5, 5.41) is 2.89. The lowest BCUT2D eigenvalue weighted by atomic mass is 10.1. The summed E-state index contributed by atoms with van der Waals surface area (Å²) in [4.78, 5) is 27.3. The van der Waals surface area contributed by atoms with Crippen LogP contribution in [0.15, 0.2) is 42.5 Å². The third-order valence-electron chi connectivity index (χ3n) is 4.94. The Morgan fingerprint density at radius 2 is 1.84 bits per heavy atom. The highest BCUT2D eigenvalue weighted by Gasteiger charge is 2.25. The van der Waals surface area contributed by atoms with Crippen molar-refractivity contribution in [3.8, 4) is 5.75 Å². The fourth-order valence-corrected chi connectivity index (χ4v) is 4.50. The third-order valence-corrected chi connectivity index (χ3v) is 6.37. The van der Waals surface area contributed by atoms with Gasteiger partial charge < -0.3 is 15.0 Å². The van der Waals surface area contributed by atoms with Crippen LogP contribution in [0.1, 0.15) is 23.2 Å². The molecule has 0 radical (unpaired) electrons. The van der Waals surface area contributed by atoms with Gasteiger partial charge in [-0.2, -0.15) is 0 Å². The number of anilines is 2. The second-order valence-corrected chi connectivity index (χ2v) is 9.50. The summed E-state index contributed by atoms with van der Waals surface area (Å²) in [6.45, 7) is 0.885. The average molecular weight is 466 g/mol. The van der Waals surface area contributed by atoms with Crippen molar-refractivity contribution in [3.05, 3.63) is 53.1 Å². The van der Waals surface area contributed by atoms with Crippen molar-refractivity contribution in [1.29, 1.82) is 0 Å². The molecule has 0 saturated carbocycles. The number of nitrogens with zero attached hydrogens (tertiary/aromatic N) is 2. The topological polar surface area (TPSA) is 96.0 Å². The van der Waals surface area contributed by atoms with Crippen LogP contribution in [0.3, 0.4) is 0 Å². The van der Waals surface area contributed by atoms with Gasteiger partial charge in [0, 0.05) is 13.1 Å². The minimum absolute atomic E-state index is 0.157. The van der Waals surface area contributed by atoms with Gasteiger partial charge in [-0.05, 0) is 43.2 Å². The molecule has 3 rings (SSSR count). The van der Waals surface area contributed by atoms with Gasteiger partial charge in [0.15, 0.2) is 0 Å². The number of hydrogen-bond donors (Lipinski definition) is 1. The van der Waals surface area contributed by atoms with Crippen LogP contribution in [-0.2, 0) is 14.8 Å². The monoisotopic (exact) mass is 465 g/mol. The molecule has 1 aliphatic heterocycles. The zero-order valence-electron chi connectivity index (χ0n) is 17.3. The molecule has 10 heteroatoms. The van der Waals surface area contributed by atoms with Crippen LogP contribution in [-0.4, -0.2) is 58.1 Å². The van der Waals surface area contributed by atoms with Gasteiger partial charge in [-0.15, -0.1) is 0 Å². The molecule has 0 unspecified atom stereocenters. The number of hydrogen-bond acceptors (Lipinski definition) is 5. The summed E-state index contributed by atoms with van der Waals surface area (Å²) in [5.74, 6) is -0.355. The molecule has 8 nitrogen and oxygen atoms in total. The lowest BCUT2D eigenvalue weighted by Crippen LogP contribution is -2.38. The molecule has 1 heterocycles. The van der Waals surface area contributed by atoms with E-state index < -0.39 is 22.5 Å². The summed E-state index contributed by atoms with van der Waals surface area (Å²) in [7, 11) is -2.34.